The van der Waals surface area contributed by atoms with E-state index >= 15 is 0 Å². The quantitative estimate of drug-likeness (QED) is 0.866. The fourth-order valence-electron chi connectivity index (χ4n) is 2.90. The van der Waals surface area contributed by atoms with Crippen LogP contribution in [0.1, 0.15) is 39.2 Å². The summed E-state index contributed by atoms with van der Waals surface area (Å²) >= 11 is 0. The summed E-state index contributed by atoms with van der Waals surface area (Å²) in [5, 5.41) is 3.11. The third-order valence-electron chi connectivity index (χ3n) is 5.04. The van der Waals surface area contributed by atoms with E-state index in [-0.39, 0.29) is 35.7 Å². The first-order valence-electron chi connectivity index (χ1n) is 8.12. The topological polar surface area (TPSA) is 64.4 Å². The van der Waals surface area contributed by atoms with Crippen LogP contribution in [0.4, 0.5) is 0 Å². The van der Waals surface area contributed by atoms with Gasteiger partial charge in [0.25, 0.3) is 0 Å². The molecule has 3 N–H and O–H groups in total. The summed E-state index contributed by atoms with van der Waals surface area (Å²) < 4.78 is 5.34. The maximum Gasteiger partial charge on any atom is 0.237 e. The first-order valence-corrected chi connectivity index (χ1v) is 8.12. The normalized spacial score (nSPS) is 18.6. The van der Waals surface area contributed by atoms with Gasteiger partial charge in [0, 0.05) is 24.7 Å². The molecule has 1 amide bonds. The average molecular weight is 341 g/mol. The summed E-state index contributed by atoms with van der Waals surface area (Å²) in [4.78, 5) is 12.5. The summed E-state index contributed by atoms with van der Waals surface area (Å²) in [7, 11) is 0. The van der Waals surface area contributed by atoms with Gasteiger partial charge in [-0.05, 0) is 31.2 Å². The number of amides is 1. The molecule has 1 fully saturated rings. The monoisotopic (exact) mass is 340 g/mol. The molecule has 0 radical (unpaired) electrons. The lowest BCUT2D eigenvalue weighted by atomic mass is 9.78. The first-order chi connectivity index (χ1) is 10.4. The highest BCUT2D eigenvalue weighted by Crippen LogP contribution is 2.27. The number of carbonyl (C=O) groups excluding carboxylic acids is 1. The molecule has 130 valence electrons. The van der Waals surface area contributed by atoms with Crippen molar-refractivity contribution >= 4 is 18.3 Å². The molecule has 0 saturated carbocycles. The maximum absolute atomic E-state index is 12.5. The van der Waals surface area contributed by atoms with Crippen LogP contribution in [0, 0.1) is 5.92 Å². The first kappa shape index (κ1) is 19.9. The van der Waals surface area contributed by atoms with Crippen molar-refractivity contribution < 1.29 is 9.53 Å². The van der Waals surface area contributed by atoms with E-state index in [9.17, 15) is 4.79 Å². The Morgan fingerprint density at radius 1 is 1.26 bits per heavy atom. The molecule has 0 spiro atoms. The number of carbonyl (C=O) groups is 1. The Hall–Kier alpha value is -1.10. The second kappa shape index (κ2) is 8.67. The van der Waals surface area contributed by atoms with Crippen LogP contribution in [-0.4, -0.2) is 31.2 Å². The number of ether oxygens (including phenoxy) is 1. The molecular weight excluding hydrogens is 312 g/mol. The van der Waals surface area contributed by atoms with Crippen molar-refractivity contribution in [2.45, 2.75) is 51.1 Å². The van der Waals surface area contributed by atoms with Crippen LogP contribution < -0.4 is 11.1 Å². The molecule has 2 unspecified atom stereocenters. The van der Waals surface area contributed by atoms with Gasteiger partial charge in [-0.15, -0.1) is 12.4 Å². The van der Waals surface area contributed by atoms with E-state index < -0.39 is 6.04 Å². The Bertz CT molecular complexity index is 487. The highest BCUT2D eigenvalue weighted by molar-refractivity contribution is 5.85. The van der Waals surface area contributed by atoms with Crippen LogP contribution in [-0.2, 0) is 14.9 Å². The fourth-order valence-corrected chi connectivity index (χ4v) is 2.90. The summed E-state index contributed by atoms with van der Waals surface area (Å²) in [5.74, 6) is 0.171. The molecule has 5 heteroatoms. The number of nitrogens with one attached hydrogen (secondary N) is 1. The lowest BCUT2D eigenvalue weighted by molar-refractivity contribution is -0.125. The third kappa shape index (κ3) is 4.93. The number of nitrogens with two attached hydrogens (primary N) is 1. The van der Waals surface area contributed by atoms with Gasteiger partial charge in [-0.1, -0.05) is 44.2 Å². The van der Waals surface area contributed by atoms with Crippen LogP contribution in [0.25, 0.3) is 0 Å². The Kier molecular flexibility index (Phi) is 7.52. The molecule has 1 aromatic rings. The second-order valence-electron chi connectivity index (χ2n) is 6.79. The van der Waals surface area contributed by atoms with E-state index in [0.29, 0.717) is 13.2 Å². The van der Waals surface area contributed by atoms with Crippen molar-refractivity contribution in [3.05, 3.63) is 35.9 Å². The van der Waals surface area contributed by atoms with Gasteiger partial charge in [0.15, 0.2) is 0 Å². The van der Waals surface area contributed by atoms with E-state index in [1.807, 2.05) is 25.1 Å². The van der Waals surface area contributed by atoms with Crippen molar-refractivity contribution in [3.63, 3.8) is 0 Å². The van der Waals surface area contributed by atoms with Gasteiger partial charge in [0.05, 0.1) is 6.04 Å². The minimum absolute atomic E-state index is 0. The molecule has 1 heterocycles. The molecule has 0 bridgehead atoms. The number of hydrogen-bond donors (Lipinski definition) is 2. The van der Waals surface area contributed by atoms with Gasteiger partial charge in [0.1, 0.15) is 0 Å². The van der Waals surface area contributed by atoms with Crippen molar-refractivity contribution in [3.8, 4) is 0 Å². The minimum Gasteiger partial charge on any atom is -0.381 e. The Balaban J connectivity index is 0.00000264. The van der Waals surface area contributed by atoms with Gasteiger partial charge in [-0.25, -0.2) is 0 Å². The van der Waals surface area contributed by atoms with Crippen LogP contribution >= 0.6 is 12.4 Å². The molecule has 1 aliphatic heterocycles. The van der Waals surface area contributed by atoms with Crippen LogP contribution in [0.2, 0.25) is 0 Å². The van der Waals surface area contributed by atoms with E-state index in [4.69, 9.17) is 10.5 Å². The summed E-state index contributed by atoms with van der Waals surface area (Å²) in [5.41, 5.74) is 7.22. The van der Waals surface area contributed by atoms with Gasteiger partial charge < -0.3 is 15.8 Å². The highest BCUT2D eigenvalue weighted by atomic mass is 35.5. The summed E-state index contributed by atoms with van der Waals surface area (Å²) in [6, 6.07) is 9.82. The minimum atomic E-state index is -0.446. The highest BCUT2D eigenvalue weighted by Gasteiger charge is 2.32. The number of halogens is 1. The smallest absolute Gasteiger partial charge is 0.237 e. The molecule has 4 nitrogen and oxygen atoms in total. The van der Waals surface area contributed by atoms with Crippen LogP contribution in [0.5, 0.6) is 0 Å². The SMILES string of the molecule is CC(NC(=O)C(N)C1CCOCC1)C(C)(C)c1ccccc1.Cl. The third-order valence-corrected chi connectivity index (χ3v) is 5.04. The van der Waals surface area contributed by atoms with Gasteiger partial charge in [-0.2, -0.15) is 0 Å². The molecule has 1 aliphatic rings. The molecule has 1 saturated heterocycles. The molecular formula is C18H29ClN2O2. The van der Waals surface area contributed by atoms with Crippen molar-refractivity contribution in [1.82, 2.24) is 5.32 Å². The zero-order valence-corrected chi connectivity index (χ0v) is 15.1. The van der Waals surface area contributed by atoms with Gasteiger partial charge in [-0.3, -0.25) is 4.79 Å². The maximum atomic E-state index is 12.5. The molecule has 0 aliphatic carbocycles. The lowest BCUT2D eigenvalue weighted by Crippen LogP contribution is -2.53. The molecule has 23 heavy (non-hydrogen) atoms. The van der Waals surface area contributed by atoms with Crippen LogP contribution in [0.15, 0.2) is 30.3 Å². The molecule has 2 rings (SSSR count). The molecule has 2 atom stereocenters. The van der Waals surface area contributed by atoms with Crippen molar-refractivity contribution in [2.75, 3.05) is 13.2 Å². The van der Waals surface area contributed by atoms with Crippen molar-refractivity contribution in [1.29, 1.82) is 0 Å². The zero-order valence-electron chi connectivity index (χ0n) is 14.2. The molecule has 0 aromatic heterocycles. The number of benzene rings is 1. The Morgan fingerprint density at radius 2 is 1.83 bits per heavy atom. The van der Waals surface area contributed by atoms with E-state index in [1.165, 1.54) is 5.56 Å². The van der Waals surface area contributed by atoms with E-state index in [0.717, 1.165) is 12.8 Å². The summed E-state index contributed by atoms with van der Waals surface area (Å²) in [6.07, 6.45) is 1.73. The largest absolute Gasteiger partial charge is 0.381 e. The lowest BCUT2D eigenvalue weighted by Gasteiger charge is -2.35. The fraction of sp³-hybridized carbons (Fsp3) is 0.611. The van der Waals surface area contributed by atoms with Crippen LogP contribution in [0.3, 0.4) is 0 Å². The standard InChI is InChI=1S/C18H28N2O2.ClH/c1-13(18(2,3)15-7-5-4-6-8-15)20-17(21)16(19)14-9-11-22-12-10-14;/h4-8,13-14,16H,9-12,19H2,1-3H3,(H,20,21);1H. The number of hydrogen-bond acceptors (Lipinski definition) is 3. The average Bonchev–Trinajstić information content (AvgIpc) is 2.55. The molecule has 1 aromatic carbocycles. The Morgan fingerprint density at radius 3 is 2.39 bits per heavy atom. The van der Waals surface area contributed by atoms with Gasteiger partial charge >= 0.3 is 0 Å². The number of rotatable bonds is 5. The predicted molar refractivity (Wildman–Crippen MR) is 95.8 cm³/mol. The van der Waals surface area contributed by atoms with E-state index in [1.54, 1.807) is 0 Å². The van der Waals surface area contributed by atoms with Gasteiger partial charge in [0.2, 0.25) is 5.91 Å². The predicted octanol–water partition coefficient (Wildman–Crippen LogP) is 2.64. The zero-order chi connectivity index (χ0) is 16.2. The Labute approximate surface area is 145 Å². The summed E-state index contributed by atoms with van der Waals surface area (Å²) in [6.45, 7) is 7.75. The second-order valence-corrected chi connectivity index (χ2v) is 6.79. The van der Waals surface area contributed by atoms with E-state index in [2.05, 4.69) is 31.3 Å². The van der Waals surface area contributed by atoms with Crippen molar-refractivity contribution in [2.24, 2.45) is 11.7 Å².